The molecule has 6 nitrogen and oxygen atoms in total. The molecule has 0 spiro atoms. The van der Waals surface area contributed by atoms with Gasteiger partial charge in [-0.2, -0.15) is 5.10 Å². The van der Waals surface area contributed by atoms with Crippen molar-refractivity contribution in [3.05, 3.63) is 11.9 Å². The van der Waals surface area contributed by atoms with Crippen LogP contribution in [-0.2, 0) is 0 Å². The molecule has 1 aromatic rings. The Morgan fingerprint density at radius 1 is 1.50 bits per heavy atom. The highest BCUT2D eigenvalue weighted by Crippen LogP contribution is 2.28. The second-order valence-corrected chi connectivity index (χ2v) is 4.25. The van der Waals surface area contributed by atoms with Gasteiger partial charge in [-0.25, -0.2) is 13.6 Å². The van der Waals surface area contributed by atoms with Crippen LogP contribution in [0.25, 0.3) is 0 Å². The fourth-order valence-corrected chi connectivity index (χ4v) is 2.10. The first-order valence-corrected chi connectivity index (χ1v) is 5.59. The van der Waals surface area contributed by atoms with Crippen LogP contribution in [0.3, 0.4) is 0 Å². The molecular weight excluding hydrogens is 246 g/mol. The van der Waals surface area contributed by atoms with Gasteiger partial charge in [-0.3, -0.25) is 4.68 Å². The third-order valence-electron chi connectivity index (χ3n) is 3.11. The lowest BCUT2D eigenvalue weighted by molar-refractivity contribution is 0.122. The van der Waals surface area contributed by atoms with Crippen molar-refractivity contribution in [2.75, 3.05) is 18.8 Å². The number of carbonyl (C=O) groups is 1. The summed E-state index contributed by atoms with van der Waals surface area (Å²) in [4.78, 5) is 12.0. The van der Waals surface area contributed by atoms with Gasteiger partial charge < -0.3 is 15.7 Å². The molecule has 0 aromatic carbocycles. The molecule has 0 saturated carbocycles. The summed E-state index contributed by atoms with van der Waals surface area (Å²) in [6.07, 6.45) is -1.15. The van der Waals surface area contributed by atoms with E-state index in [0.717, 1.165) is 0 Å². The zero-order valence-electron chi connectivity index (χ0n) is 9.59. The number of aromatic nitrogens is 2. The number of nitrogens with two attached hydrogens (primary N) is 1. The summed E-state index contributed by atoms with van der Waals surface area (Å²) in [7, 11) is 0. The lowest BCUT2D eigenvalue weighted by atomic mass is 10.1. The van der Waals surface area contributed by atoms with Crippen LogP contribution >= 0.6 is 0 Å². The average molecular weight is 260 g/mol. The van der Waals surface area contributed by atoms with Gasteiger partial charge in [0.2, 0.25) is 0 Å². The fourth-order valence-electron chi connectivity index (χ4n) is 2.10. The molecule has 8 heteroatoms. The zero-order chi connectivity index (χ0) is 13.3. The Labute approximate surface area is 102 Å². The minimum Gasteiger partial charge on any atom is -0.465 e. The van der Waals surface area contributed by atoms with Crippen LogP contribution in [0, 0.1) is 0 Å². The Morgan fingerprint density at radius 3 is 2.56 bits per heavy atom. The monoisotopic (exact) mass is 260 g/mol. The third kappa shape index (κ3) is 2.36. The van der Waals surface area contributed by atoms with Crippen molar-refractivity contribution in [3.8, 4) is 0 Å². The van der Waals surface area contributed by atoms with Crippen LogP contribution in [0.5, 0.6) is 0 Å². The van der Waals surface area contributed by atoms with E-state index in [1.54, 1.807) is 0 Å². The molecule has 1 saturated heterocycles. The van der Waals surface area contributed by atoms with E-state index in [1.165, 1.54) is 15.8 Å². The minimum atomic E-state index is -2.69. The molecule has 1 amide bonds. The van der Waals surface area contributed by atoms with Crippen LogP contribution in [0.4, 0.5) is 19.3 Å². The maximum atomic E-state index is 12.5. The van der Waals surface area contributed by atoms with Crippen molar-refractivity contribution in [1.82, 2.24) is 14.7 Å². The van der Waals surface area contributed by atoms with E-state index >= 15 is 0 Å². The molecule has 0 unspecified atom stereocenters. The summed E-state index contributed by atoms with van der Waals surface area (Å²) >= 11 is 0. The number of alkyl halides is 2. The zero-order valence-corrected chi connectivity index (χ0v) is 9.59. The summed E-state index contributed by atoms with van der Waals surface area (Å²) < 4.78 is 26.5. The van der Waals surface area contributed by atoms with Crippen LogP contribution in [0.1, 0.15) is 31.0 Å². The number of rotatable bonds is 2. The highest BCUT2D eigenvalue weighted by molar-refractivity contribution is 5.65. The molecule has 2 heterocycles. The SMILES string of the molecule is Nc1cn(C2CCN(C(=O)O)CC2)nc1C(F)F. The van der Waals surface area contributed by atoms with Gasteiger partial charge in [0.15, 0.2) is 5.69 Å². The second kappa shape index (κ2) is 4.79. The smallest absolute Gasteiger partial charge is 0.407 e. The molecular formula is C10H14F2N4O2. The first-order chi connectivity index (χ1) is 8.49. The largest absolute Gasteiger partial charge is 0.465 e. The van der Waals surface area contributed by atoms with E-state index in [0.29, 0.717) is 25.9 Å². The van der Waals surface area contributed by atoms with Gasteiger partial charge in [-0.1, -0.05) is 0 Å². The van der Waals surface area contributed by atoms with Crippen molar-refractivity contribution in [2.45, 2.75) is 25.3 Å². The Morgan fingerprint density at radius 2 is 2.11 bits per heavy atom. The summed E-state index contributed by atoms with van der Waals surface area (Å²) in [5.41, 5.74) is 5.03. The fraction of sp³-hybridized carbons (Fsp3) is 0.600. The van der Waals surface area contributed by atoms with Crippen LogP contribution in [-0.4, -0.2) is 39.0 Å². The molecule has 1 aliphatic rings. The van der Waals surface area contributed by atoms with E-state index in [1.807, 2.05) is 0 Å². The molecule has 3 N–H and O–H groups in total. The van der Waals surface area contributed by atoms with Gasteiger partial charge in [0.05, 0.1) is 11.7 Å². The predicted molar refractivity (Wildman–Crippen MR) is 59.5 cm³/mol. The van der Waals surface area contributed by atoms with Gasteiger partial charge >= 0.3 is 6.09 Å². The van der Waals surface area contributed by atoms with Crippen LogP contribution in [0.2, 0.25) is 0 Å². The van der Waals surface area contributed by atoms with Gasteiger partial charge in [0.1, 0.15) is 0 Å². The molecule has 18 heavy (non-hydrogen) atoms. The standard InChI is InChI=1S/C10H14F2N4O2/c11-9(12)8-7(13)5-16(14-8)6-1-3-15(4-2-6)10(17)18/h5-6,9H,1-4,13H2,(H,17,18). The molecule has 2 rings (SSSR count). The summed E-state index contributed by atoms with van der Waals surface area (Å²) in [5.74, 6) is 0. The molecule has 0 aliphatic carbocycles. The number of nitrogens with zero attached hydrogens (tertiary/aromatic N) is 3. The first kappa shape index (κ1) is 12.6. The summed E-state index contributed by atoms with van der Waals surface area (Å²) in [5, 5.41) is 12.6. The number of likely N-dealkylation sites (tertiary alicyclic amines) is 1. The molecule has 100 valence electrons. The number of nitrogen functional groups attached to an aromatic ring is 1. The van der Waals surface area contributed by atoms with Gasteiger partial charge in [0, 0.05) is 19.3 Å². The van der Waals surface area contributed by atoms with Crippen molar-refractivity contribution < 1.29 is 18.7 Å². The maximum Gasteiger partial charge on any atom is 0.407 e. The lowest BCUT2D eigenvalue weighted by Gasteiger charge is -2.29. The summed E-state index contributed by atoms with van der Waals surface area (Å²) in [6, 6.07) is -0.0737. The van der Waals surface area contributed by atoms with Crippen molar-refractivity contribution in [1.29, 1.82) is 0 Å². The van der Waals surface area contributed by atoms with Crippen LogP contribution < -0.4 is 5.73 Å². The van der Waals surface area contributed by atoms with Gasteiger partial charge in [0.25, 0.3) is 6.43 Å². The highest BCUT2D eigenvalue weighted by Gasteiger charge is 2.25. The Hall–Kier alpha value is -1.86. The van der Waals surface area contributed by atoms with E-state index in [9.17, 15) is 13.6 Å². The van der Waals surface area contributed by atoms with Crippen molar-refractivity contribution in [2.24, 2.45) is 0 Å². The predicted octanol–water partition coefficient (Wildman–Crippen LogP) is 1.72. The first-order valence-electron chi connectivity index (χ1n) is 5.59. The lowest BCUT2D eigenvalue weighted by Crippen LogP contribution is -2.38. The van der Waals surface area contributed by atoms with Crippen molar-refractivity contribution in [3.63, 3.8) is 0 Å². The molecule has 1 aliphatic heterocycles. The van der Waals surface area contributed by atoms with Crippen LogP contribution in [0.15, 0.2) is 6.20 Å². The maximum absolute atomic E-state index is 12.5. The number of amides is 1. The van der Waals surface area contributed by atoms with E-state index in [2.05, 4.69) is 5.10 Å². The highest BCUT2D eigenvalue weighted by atomic mass is 19.3. The number of halogens is 2. The van der Waals surface area contributed by atoms with Crippen molar-refractivity contribution >= 4 is 11.8 Å². The number of piperidine rings is 1. The minimum absolute atomic E-state index is 0.0225. The normalized spacial score (nSPS) is 17.4. The van der Waals surface area contributed by atoms with E-state index in [4.69, 9.17) is 10.8 Å². The number of carboxylic acid groups (broad SMARTS) is 1. The number of anilines is 1. The summed E-state index contributed by atoms with van der Waals surface area (Å²) in [6.45, 7) is 0.757. The average Bonchev–Trinajstić information content (AvgIpc) is 2.71. The van der Waals surface area contributed by atoms with Gasteiger partial charge in [-0.05, 0) is 12.8 Å². The molecule has 1 aromatic heterocycles. The third-order valence-corrected chi connectivity index (χ3v) is 3.11. The quantitative estimate of drug-likeness (QED) is 0.847. The molecule has 1 fully saturated rings. The Balaban J connectivity index is 2.06. The van der Waals surface area contributed by atoms with Gasteiger partial charge in [-0.15, -0.1) is 0 Å². The number of hydrogen-bond donors (Lipinski definition) is 2. The molecule has 0 bridgehead atoms. The van der Waals surface area contributed by atoms with E-state index in [-0.39, 0.29) is 11.7 Å². The number of hydrogen-bond acceptors (Lipinski definition) is 3. The topological polar surface area (TPSA) is 84.4 Å². The molecule has 0 radical (unpaired) electrons. The Kier molecular flexibility index (Phi) is 3.35. The van der Waals surface area contributed by atoms with E-state index < -0.39 is 18.2 Å². The second-order valence-electron chi connectivity index (χ2n) is 4.25. The molecule has 0 atom stereocenters. The Bertz CT molecular complexity index is 441.